The van der Waals surface area contributed by atoms with Crippen LogP contribution in [0.1, 0.15) is 37.3 Å². The Hall–Kier alpha value is -1.11. The molecule has 1 aromatic rings. The number of benzene rings is 1. The maximum absolute atomic E-state index is 12.4. The molecule has 1 saturated heterocycles. The highest BCUT2D eigenvalue weighted by Gasteiger charge is 2.25. The predicted octanol–water partition coefficient (Wildman–Crippen LogP) is 1.92. The van der Waals surface area contributed by atoms with Crippen molar-refractivity contribution < 1.29 is 13.2 Å². The summed E-state index contributed by atoms with van der Waals surface area (Å²) in [5, 5.41) is 0. The monoisotopic (exact) mass is 324 g/mol. The molecule has 1 aromatic carbocycles. The van der Waals surface area contributed by atoms with Crippen molar-refractivity contribution in [1.82, 2.24) is 9.62 Å². The molecule has 6 heteroatoms. The molecule has 0 aliphatic carbocycles. The Balaban J connectivity index is 1.66. The number of nitrogens with zero attached hydrogens (tertiary/aromatic N) is 1. The van der Waals surface area contributed by atoms with Crippen LogP contribution in [0.3, 0.4) is 0 Å². The minimum absolute atomic E-state index is 0.173. The van der Waals surface area contributed by atoms with Crippen LogP contribution in [0.2, 0.25) is 0 Å². The second kappa shape index (κ2) is 6.98. The Bertz CT molecular complexity index is 597. The highest BCUT2D eigenvalue weighted by molar-refractivity contribution is 7.89. The first-order valence-electron chi connectivity index (χ1n) is 8.08. The molecule has 0 aromatic heterocycles. The molecule has 2 aliphatic rings. The molecule has 1 atom stereocenters. The van der Waals surface area contributed by atoms with Gasteiger partial charge in [0.05, 0.1) is 18.4 Å². The average molecular weight is 324 g/mol. The van der Waals surface area contributed by atoms with Gasteiger partial charge in [-0.1, -0.05) is 18.2 Å². The summed E-state index contributed by atoms with van der Waals surface area (Å²) in [4.78, 5) is 2.23. The van der Waals surface area contributed by atoms with E-state index in [2.05, 4.69) is 9.62 Å². The lowest BCUT2D eigenvalue weighted by Crippen LogP contribution is -2.35. The van der Waals surface area contributed by atoms with Gasteiger partial charge in [-0.15, -0.1) is 0 Å². The second-order valence-corrected chi connectivity index (χ2v) is 7.94. The minimum atomic E-state index is -3.27. The van der Waals surface area contributed by atoms with Gasteiger partial charge in [0.2, 0.25) is 10.0 Å². The fourth-order valence-corrected chi connectivity index (χ4v) is 4.47. The van der Waals surface area contributed by atoms with E-state index in [4.69, 9.17) is 4.74 Å². The van der Waals surface area contributed by atoms with Crippen LogP contribution in [-0.4, -0.2) is 45.3 Å². The zero-order chi connectivity index (χ0) is 15.4. The lowest BCUT2D eigenvalue weighted by molar-refractivity contribution is 0.316. The molecule has 1 unspecified atom stereocenters. The van der Waals surface area contributed by atoms with Crippen molar-refractivity contribution in [2.24, 2.45) is 0 Å². The van der Waals surface area contributed by atoms with E-state index >= 15 is 0 Å². The van der Waals surface area contributed by atoms with Crippen molar-refractivity contribution in [1.29, 1.82) is 0 Å². The maximum atomic E-state index is 12.4. The number of fused-ring (bicyclic) bond motifs is 1. The van der Waals surface area contributed by atoms with Crippen molar-refractivity contribution in [3.8, 4) is 5.75 Å². The molecule has 0 bridgehead atoms. The Kier molecular flexibility index (Phi) is 5.00. The van der Waals surface area contributed by atoms with Gasteiger partial charge in [0.1, 0.15) is 5.75 Å². The zero-order valence-corrected chi connectivity index (χ0v) is 13.6. The number of para-hydroxylation sites is 1. The fraction of sp³-hybridized carbons (Fsp3) is 0.625. The number of rotatable bonds is 5. The molecular weight excluding hydrogens is 300 g/mol. The summed E-state index contributed by atoms with van der Waals surface area (Å²) in [6.45, 7) is 3.31. The van der Waals surface area contributed by atoms with Crippen molar-refractivity contribution in [2.75, 3.05) is 32.0 Å². The first-order chi connectivity index (χ1) is 10.6. The molecule has 1 fully saturated rings. The van der Waals surface area contributed by atoms with Gasteiger partial charge in [-0.25, -0.2) is 13.1 Å². The number of sulfonamides is 1. The van der Waals surface area contributed by atoms with E-state index < -0.39 is 10.0 Å². The molecule has 22 heavy (non-hydrogen) atoms. The van der Waals surface area contributed by atoms with Crippen LogP contribution >= 0.6 is 0 Å². The van der Waals surface area contributed by atoms with Crippen LogP contribution in [-0.2, 0) is 10.0 Å². The Morgan fingerprint density at radius 2 is 1.95 bits per heavy atom. The smallest absolute Gasteiger partial charge is 0.213 e. The minimum Gasteiger partial charge on any atom is -0.493 e. The Morgan fingerprint density at radius 1 is 1.18 bits per heavy atom. The zero-order valence-electron chi connectivity index (χ0n) is 12.8. The van der Waals surface area contributed by atoms with Crippen LogP contribution in [0.5, 0.6) is 5.75 Å². The summed E-state index contributed by atoms with van der Waals surface area (Å²) in [5.41, 5.74) is 0.949. The molecule has 0 radical (unpaired) electrons. The molecule has 0 spiro atoms. The van der Waals surface area contributed by atoms with E-state index in [0.29, 0.717) is 13.2 Å². The number of ether oxygens (including phenoxy) is 1. The van der Waals surface area contributed by atoms with E-state index in [-0.39, 0.29) is 11.8 Å². The van der Waals surface area contributed by atoms with Gasteiger partial charge in [-0.05, 0) is 44.8 Å². The lowest BCUT2D eigenvalue weighted by atomic mass is 10.0. The van der Waals surface area contributed by atoms with Crippen LogP contribution in [0.15, 0.2) is 24.3 Å². The molecule has 5 nitrogen and oxygen atoms in total. The lowest BCUT2D eigenvalue weighted by Gasteiger charge is -2.20. The molecule has 122 valence electrons. The molecule has 3 rings (SSSR count). The van der Waals surface area contributed by atoms with Gasteiger partial charge in [-0.3, -0.25) is 0 Å². The van der Waals surface area contributed by atoms with Crippen molar-refractivity contribution >= 4 is 10.0 Å². The Morgan fingerprint density at radius 3 is 2.77 bits per heavy atom. The van der Waals surface area contributed by atoms with E-state index in [9.17, 15) is 8.42 Å². The second-order valence-electron chi connectivity index (χ2n) is 6.07. The highest BCUT2D eigenvalue weighted by atomic mass is 32.2. The molecule has 0 amide bonds. The topological polar surface area (TPSA) is 58.6 Å². The number of likely N-dealkylation sites (tertiary alicyclic amines) is 1. The van der Waals surface area contributed by atoms with E-state index in [1.54, 1.807) is 0 Å². The van der Waals surface area contributed by atoms with E-state index in [1.165, 1.54) is 12.8 Å². The van der Waals surface area contributed by atoms with E-state index in [0.717, 1.165) is 37.2 Å². The van der Waals surface area contributed by atoms with Crippen molar-refractivity contribution in [2.45, 2.75) is 31.7 Å². The van der Waals surface area contributed by atoms with Crippen molar-refractivity contribution in [3.63, 3.8) is 0 Å². The first-order valence-corrected chi connectivity index (χ1v) is 9.73. The predicted molar refractivity (Wildman–Crippen MR) is 86.5 cm³/mol. The summed E-state index contributed by atoms with van der Waals surface area (Å²) < 4.78 is 33.4. The van der Waals surface area contributed by atoms with Crippen LogP contribution < -0.4 is 9.46 Å². The maximum Gasteiger partial charge on any atom is 0.213 e. The third-order valence-corrected chi connectivity index (χ3v) is 5.75. The van der Waals surface area contributed by atoms with Gasteiger partial charge in [0, 0.05) is 12.1 Å². The highest BCUT2D eigenvalue weighted by Crippen LogP contribution is 2.31. The molecule has 2 heterocycles. The van der Waals surface area contributed by atoms with Crippen LogP contribution in [0.25, 0.3) is 0 Å². The first kappa shape index (κ1) is 15.8. The third-order valence-electron chi connectivity index (χ3n) is 4.39. The van der Waals surface area contributed by atoms with Gasteiger partial charge in [0.15, 0.2) is 0 Å². The summed E-state index contributed by atoms with van der Waals surface area (Å²) in [6.07, 6.45) is 4.00. The summed E-state index contributed by atoms with van der Waals surface area (Å²) in [5.74, 6) is 0.972. The molecular formula is C16H24N2O3S. The average Bonchev–Trinajstić information content (AvgIpc) is 2.95. The van der Waals surface area contributed by atoms with E-state index in [1.807, 2.05) is 24.3 Å². The molecule has 2 aliphatic heterocycles. The largest absolute Gasteiger partial charge is 0.493 e. The summed E-state index contributed by atoms with van der Waals surface area (Å²) >= 11 is 0. The third kappa shape index (κ3) is 4.00. The van der Waals surface area contributed by atoms with Crippen LogP contribution in [0, 0.1) is 0 Å². The summed E-state index contributed by atoms with van der Waals surface area (Å²) in [6, 6.07) is 7.53. The SMILES string of the molecule is O=S(=O)(CCN1CCCC1)NC1CCCOc2ccccc21. The van der Waals surface area contributed by atoms with Gasteiger partial charge in [-0.2, -0.15) is 0 Å². The van der Waals surface area contributed by atoms with Gasteiger partial charge < -0.3 is 9.64 Å². The van der Waals surface area contributed by atoms with Gasteiger partial charge >= 0.3 is 0 Å². The summed E-state index contributed by atoms with van der Waals surface area (Å²) in [7, 11) is -3.27. The number of hydrogen-bond donors (Lipinski definition) is 1. The van der Waals surface area contributed by atoms with Crippen molar-refractivity contribution in [3.05, 3.63) is 29.8 Å². The number of nitrogens with one attached hydrogen (secondary N) is 1. The van der Waals surface area contributed by atoms with Gasteiger partial charge in [0.25, 0.3) is 0 Å². The normalized spacial score (nSPS) is 22.8. The van der Waals surface area contributed by atoms with Crippen LogP contribution in [0.4, 0.5) is 0 Å². The quantitative estimate of drug-likeness (QED) is 0.899. The fourth-order valence-electron chi connectivity index (χ4n) is 3.18. The standard InChI is InChI=1S/C16H24N2O3S/c19-22(20,13-11-18-9-3-4-10-18)17-15-7-5-12-21-16-8-2-1-6-14(15)16/h1-2,6,8,15,17H,3-5,7,9-13H2. The molecule has 1 N–H and O–H groups in total. The molecule has 0 saturated carbocycles. The number of hydrogen-bond acceptors (Lipinski definition) is 4. The Labute approximate surface area is 132 Å².